The molecule has 1 aromatic rings. The molecule has 1 N–H and O–H groups in total. The SMILES string of the molecule is CC1=C2CC3C(CCC4C[C@@H](O)CCC43C)C2CCC2(C1)OC1CCCN(Cc3ccccc3)C1C2C. The molecular weight excluding hydrogens is 454 g/mol. The fraction of sp³-hybridized carbons (Fsp3) is 0.765. The van der Waals surface area contributed by atoms with E-state index in [0.717, 1.165) is 49.5 Å². The van der Waals surface area contributed by atoms with Crippen molar-refractivity contribution in [3.8, 4) is 0 Å². The van der Waals surface area contributed by atoms with Crippen LogP contribution in [0.5, 0.6) is 0 Å². The Hall–Kier alpha value is -1.16. The molecule has 3 heteroatoms. The van der Waals surface area contributed by atoms with Gasteiger partial charge in [-0.1, -0.05) is 55.3 Å². The molecule has 4 aliphatic carbocycles. The second-order valence-electron chi connectivity index (χ2n) is 14.4. The summed E-state index contributed by atoms with van der Waals surface area (Å²) < 4.78 is 7.24. The molecule has 3 nitrogen and oxygen atoms in total. The van der Waals surface area contributed by atoms with Crippen molar-refractivity contribution in [2.75, 3.05) is 6.54 Å². The highest BCUT2D eigenvalue weighted by molar-refractivity contribution is 5.29. The van der Waals surface area contributed by atoms with Gasteiger partial charge < -0.3 is 9.84 Å². The van der Waals surface area contributed by atoms with Crippen molar-refractivity contribution >= 4 is 0 Å². The summed E-state index contributed by atoms with van der Waals surface area (Å²) in [5, 5.41) is 10.4. The Kier molecular flexibility index (Phi) is 6.18. The van der Waals surface area contributed by atoms with Crippen LogP contribution in [0, 0.1) is 35.0 Å². The molecule has 6 aliphatic rings. The van der Waals surface area contributed by atoms with Crippen LogP contribution in [0.15, 0.2) is 41.5 Å². The number of allylic oxidation sites excluding steroid dienone is 1. The van der Waals surface area contributed by atoms with E-state index in [1.54, 1.807) is 5.57 Å². The van der Waals surface area contributed by atoms with Gasteiger partial charge in [0.1, 0.15) is 0 Å². The highest BCUT2D eigenvalue weighted by atomic mass is 16.5. The van der Waals surface area contributed by atoms with E-state index in [-0.39, 0.29) is 11.7 Å². The predicted octanol–water partition coefficient (Wildman–Crippen LogP) is 7.14. The van der Waals surface area contributed by atoms with Crippen molar-refractivity contribution in [1.29, 1.82) is 0 Å². The zero-order chi connectivity index (χ0) is 25.4. The van der Waals surface area contributed by atoms with Gasteiger partial charge >= 0.3 is 0 Å². The molecule has 202 valence electrons. The van der Waals surface area contributed by atoms with Gasteiger partial charge in [-0.3, -0.25) is 4.90 Å². The van der Waals surface area contributed by atoms with E-state index < -0.39 is 0 Å². The molecule has 0 radical (unpaired) electrons. The minimum Gasteiger partial charge on any atom is -0.393 e. The number of hydrogen-bond donors (Lipinski definition) is 1. The molecule has 5 fully saturated rings. The summed E-state index contributed by atoms with van der Waals surface area (Å²) in [6.45, 7) is 9.90. The molecule has 2 saturated heterocycles. The van der Waals surface area contributed by atoms with Crippen LogP contribution in [0.25, 0.3) is 0 Å². The molecule has 7 rings (SSSR count). The monoisotopic (exact) mass is 503 g/mol. The van der Waals surface area contributed by atoms with E-state index in [2.05, 4.69) is 56.0 Å². The summed E-state index contributed by atoms with van der Waals surface area (Å²) in [5.41, 5.74) is 5.44. The predicted molar refractivity (Wildman–Crippen MR) is 149 cm³/mol. The Bertz CT molecular complexity index is 1040. The molecule has 0 bridgehead atoms. The van der Waals surface area contributed by atoms with Gasteiger partial charge in [-0.25, -0.2) is 0 Å². The Morgan fingerprint density at radius 3 is 2.73 bits per heavy atom. The molecule has 37 heavy (non-hydrogen) atoms. The lowest BCUT2D eigenvalue weighted by molar-refractivity contribution is -0.0801. The van der Waals surface area contributed by atoms with Gasteiger partial charge in [0, 0.05) is 18.5 Å². The van der Waals surface area contributed by atoms with Crippen molar-refractivity contribution in [2.45, 2.75) is 122 Å². The van der Waals surface area contributed by atoms with E-state index in [9.17, 15) is 5.11 Å². The number of aliphatic hydroxyl groups is 1. The molecule has 1 spiro atoms. The average molecular weight is 504 g/mol. The molecule has 0 aromatic heterocycles. The topological polar surface area (TPSA) is 32.7 Å². The zero-order valence-corrected chi connectivity index (χ0v) is 23.5. The zero-order valence-electron chi connectivity index (χ0n) is 23.5. The minimum absolute atomic E-state index is 0.0293. The van der Waals surface area contributed by atoms with Gasteiger partial charge in [-0.15, -0.1) is 0 Å². The first kappa shape index (κ1) is 24.9. The molecule has 2 aliphatic heterocycles. The number of piperidine rings is 1. The van der Waals surface area contributed by atoms with Crippen LogP contribution < -0.4 is 0 Å². The molecule has 9 unspecified atom stereocenters. The number of benzene rings is 1. The quantitative estimate of drug-likeness (QED) is 0.436. The van der Waals surface area contributed by atoms with E-state index in [0.29, 0.717) is 23.5 Å². The first-order chi connectivity index (χ1) is 17.9. The number of rotatable bonds is 2. The van der Waals surface area contributed by atoms with Gasteiger partial charge in [-0.05, 0) is 119 Å². The standard InChI is InChI=1S/C34H49NO2/c1-22-20-34(23(2)32-31(37-34)10-7-17-35(32)21-24-8-5-4-6-9-24)16-14-27-28-12-11-25-18-26(36)13-15-33(25,3)30(28)19-29(22)27/h4-6,8-9,23,25-28,30-32,36H,7,10-21H2,1-3H3/t23?,25?,26-,27?,28?,30?,31?,32?,33?,34?/m0/s1. The fourth-order valence-corrected chi connectivity index (χ4v) is 10.9. The third-order valence-electron chi connectivity index (χ3n) is 12.8. The highest BCUT2D eigenvalue weighted by Gasteiger charge is 2.59. The van der Waals surface area contributed by atoms with Crippen LogP contribution in [0.3, 0.4) is 0 Å². The Labute approximate surface area is 225 Å². The minimum atomic E-state index is -0.0479. The van der Waals surface area contributed by atoms with E-state index in [1.807, 2.05) is 5.57 Å². The van der Waals surface area contributed by atoms with Gasteiger partial charge in [0.05, 0.1) is 17.8 Å². The second-order valence-corrected chi connectivity index (χ2v) is 14.4. The van der Waals surface area contributed by atoms with Crippen molar-refractivity contribution in [2.24, 2.45) is 35.0 Å². The van der Waals surface area contributed by atoms with Crippen LogP contribution in [0.2, 0.25) is 0 Å². The van der Waals surface area contributed by atoms with Crippen LogP contribution in [-0.2, 0) is 11.3 Å². The summed E-state index contributed by atoms with van der Waals surface area (Å²) in [5.74, 6) is 3.82. The van der Waals surface area contributed by atoms with Gasteiger partial charge in [0.2, 0.25) is 0 Å². The number of aliphatic hydroxyl groups excluding tert-OH is 1. The van der Waals surface area contributed by atoms with E-state index in [1.165, 1.54) is 63.5 Å². The first-order valence-electron chi connectivity index (χ1n) is 15.7. The molecule has 0 amide bonds. The number of ether oxygens (including phenoxy) is 1. The number of nitrogens with zero attached hydrogens (tertiary/aromatic N) is 1. The summed E-state index contributed by atoms with van der Waals surface area (Å²) in [4.78, 5) is 2.77. The van der Waals surface area contributed by atoms with Crippen LogP contribution >= 0.6 is 0 Å². The number of likely N-dealkylation sites (tertiary alicyclic amines) is 1. The lowest BCUT2D eigenvalue weighted by atomic mass is 9.52. The summed E-state index contributed by atoms with van der Waals surface area (Å²) >= 11 is 0. The van der Waals surface area contributed by atoms with Crippen molar-refractivity contribution in [3.05, 3.63) is 47.0 Å². The number of hydrogen-bond acceptors (Lipinski definition) is 3. The van der Waals surface area contributed by atoms with Gasteiger partial charge in [-0.2, -0.15) is 0 Å². The smallest absolute Gasteiger partial charge is 0.0765 e. The van der Waals surface area contributed by atoms with Crippen molar-refractivity contribution in [3.63, 3.8) is 0 Å². The summed E-state index contributed by atoms with van der Waals surface area (Å²) in [7, 11) is 0. The molecule has 1 aromatic carbocycles. The van der Waals surface area contributed by atoms with Crippen molar-refractivity contribution < 1.29 is 9.84 Å². The maximum absolute atomic E-state index is 10.4. The lowest BCUT2D eigenvalue weighted by Gasteiger charge is -2.53. The van der Waals surface area contributed by atoms with Crippen LogP contribution in [0.1, 0.15) is 97.0 Å². The average Bonchev–Trinajstić information content (AvgIpc) is 3.36. The molecule has 2 heterocycles. The summed E-state index contributed by atoms with van der Waals surface area (Å²) in [6.07, 6.45) is 14.0. The lowest BCUT2D eigenvalue weighted by Crippen LogP contribution is -2.49. The first-order valence-corrected chi connectivity index (χ1v) is 15.7. The van der Waals surface area contributed by atoms with Gasteiger partial charge in [0.15, 0.2) is 0 Å². The molecule has 10 atom stereocenters. The molecule has 3 saturated carbocycles. The van der Waals surface area contributed by atoms with E-state index in [4.69, 9.17) is 4.74 Å². The van der Waals surface area contributed by atoms with Crippen molar-refractivity contribution in [1.82, 2.24) is 4.90 Å². The van der Waals surface area contributed by atoms with Crippen LogP contribution in [0.4, 0.5) is 0 Å². The third-order valence-corrected chi connectivity index (χ3v) is 12.8. The highest BCUT2D eigenvalue weighted by Crippen LogP contribution is 2.65. The second kappa shape index (κ2) is 9.20. The maximum atomic E-state index is 10.4. The Balaban J connectivity index is 1.14. The number of fused-ring (bicyclic) bond motifs is 6. The molecular formula is C34H49NO2. The largest absolute Gasteiger partial charge is 0.393 e. The Morgan fingerprint density at radius 2 is 1.89 bits per heavy atom. The summed E-state index contributed by atoms with van der Waals surface area (Å²) in [6, 6.07) is 11.6. The normalized spacial score (nSPS) is 47.8. The third kappa shape index (κ3) is 3.93. The van der Waals surface area contributed by atoms with E-state index >= 15 is 0 Å². The maximum Gasteiger partial charge on any atom is 0.0765 e. The fourth-order valence-electron chi connectivity index (χ4n) is 10.9. The Morgan fingerprint density at radius 1 is 1.05 bits per heavy atom. The van der Waals surface area contributed by atoms with Crippen LogP contribution in [-0.4, -0.2) is 40.4 Å². The van der Waals surface area contributed by atoms with Gasteiger partial charge in [0.25, 0.3) is 0 Å².